The summed E-state index contributed by atoms with van der Waals surface area (Å²) in [5.41, 5.74) is 4.05. The normalized spacial score (nSPS) is 16.8. The van der Waals surface area contributed by atoms with E-state index in [0.29, 0.717) is 0 Å². The minimum atomic E-state index is -0.250. The fourth-order valence-corrected chi connectivity index (χ4v) is 2.54. The fraction of sp³-hybridized carbons (Fsp3) is 0.636. The van der Waals surface area contributed by atoms with E-state index in [0.717, 1.165) is 23.9 Å². The molecule has 1 aromatic rings. The van der Waals surface area contributed by atoms with Crippen LogP contribution in [0.4, 0.5) is 5.13 Å². The van der Waals surface area contributed by atoms with E-state index in [1.54, 1.807) is 0 Å². The molecule has 1 fully saturated rings. The van der Waals surface area contributed by atoms with Crippen LogP contribution in [0.15, 0.2) is 5.38 Å². The molecule has 1 aliphatic rings. The van der Waals surface area contributed by atoms with E-state index >= 15 is 0 Å². The van der Waals surface area contributed by atoms with Crippen molar-refractivity contribution in [1.82, 2.24) is 9.99 Å². The van der Waals surface area contributed by atoms with E-state index in [-0.39, 0.29) is 12.4 Å². The maximum Gasteiger partial charge on any atom is 0.311 e. The van der Waals surface area contributed by atoms with Crippen molar-refractivity contribution in [2.75, 3.05) is 25.6 Å². The van der Waals surface area contributed by atoms with Crippen molar-refractivity contribution in [3.05, 3.63) is 11.1 Å². The molecule has 2 rings (SSSR count). The summed E-state index contributed by atoms with van der Waals surface area (Å²) in [7, 11) is 1.39. The number of hydrogen-bond acceptors (Lipinski definition) is 6. The number of methoxy groups -OCH3 is 1. The molecule has 5 nitrogen and oxygen atoms in total. The molecule has 2 heterocycles. The first-order valence-electron chi connectivity index (χ1n) is 5.81. The Kier molecular flexibility index (Phi) is 4.33. The predicted octanol–water partition coefficient (Wildman–Crippen LogP) is 1.67. The number of hydrogen-bond donors (Lipinski definition) is 1. The SMILES string of the molecule is COC(=O)Cc1csc(NN2CCCCC2)n1. The Hall–Kier alpha value is -1.14. The molecule has 0 spiro atoms. The maximum absolute atomic E-state index is 11.1. The lowest BCUT2D eigenvalue weighted by atomic mass is 10.2. The quantitative estimate of drug-likeness (QED) is 0.829. The van der Waals surface area contributed by atoms with E-state index in [2.05, 4.69) is 20.2 Å². The number of ether oxygens (including phenoxy) is 1. The number of aromatic nitrogens is 1. The van der Waals surface area contributed by atoms with Gasteiger partial charge in [0, 0.05) is 18.5 Å². The summed E-state index contributed by atoms with van der Waals surface area (Å²) in [6.45, 7) is 2.12. The van der Waals surface area contributed by atoms with Crippen LogP contribution in [0.3, 0.4) is 0 Å². The molecule has 0 aliphatic carbocycles. The van der Waals surface area contributed by atoms with Crippen molar-refractivity contribution in [1.29, 1.82) is 0 Å². The van der Waals surface area contributed by atoms with Crippen LogP contribution in [-0.4, -0.2) is 36.2 Å². The molecule has 0 saturated carbocycles. The lowest BCUT2D eigenvalue weighted by molar-refractivity contribution is -0.139. The number of hydrazine groups is 1. The molecular weight excluding hydrogens is 238 g/mol. The van der Waals surface area contributed by atoms with Crippen molar-refractivity contribution in [3.8, 4) is 0 Å². The lowest BCUT2D eigenvalue weighted by Crippen LogP contribution is -2.34. The molecule has 0 aromatic carbocycles. The predicted molar refractivity (Wildman–Crippen MR) is 66.9 cm³/mol. The van der Waals surface area contributed by atoms with Gasteiger partial charge in [-0.2, -0.15) is 0 Å². The summed E-state index contributed by atoms with van der Waals surface area (Å²) in [4.78, 5) is 15.4. The average molecular weight is 255 g/mol. The highest BCUT2D eigenvalue weighted by molar-refractivity contribution is 7.13. The first-order chi connectivity index (χ1) is 8.28. The highest BCUT2D eigenvalue weighted by Crippen LogP contribution is 2.18. The summed E-state index contributed by atoms with van der Waals surface area (Å²) in [5, 5.41) is 4.93. The van der Waals surface area contributed by atoms with Crippen LogP contribution in [0.1, 0.15) is 25.0 Å². The third kappa shape index (κ3) is 3.67. The first kappa shape index (κ1) is 12.3. The van der Waals surface area contributed by atoms with Gasteiger partial charge in [0.1, 0.15) is 0 Å². The molecule has 0 atom stereocenters. The van der Waals surface area contributed by atoms with Crippen LogP contribution in [0.2, 0.25) is 0 Å². The Balaban J connectivity index is 1.86. The summed E-state index contributed by atoms with van der Waals surface area (Å²) in [6.07, 6.45) is 4.01. The minimum absolute atomic E-state index is 0.245. The topological polar surface area (TPSA) is 54.5 Å². The van der Waals surface area contributed by atoms with E-state index in [9.17, 15) is 4.79 Å². The van der Waals surface area contributed by atoms with E-state index in [1.807, 2.05) is 5.38 Å². The minimum Gasteiger partial charge on any atom is -0.469 e. The van der Waals surface area contributed by atoms with Gasteiger partial charge in [0.2, 0.25) is 0 Å². The number of nitrogens with zero attached hydrogens (tertiary/aromatic N) is 2. The standard InChI is InChI=1S/C11H17N3O2S/c1-16-10(15)7-9-8-17-11(12-9)13-14-5-3-2-4-6-14/h8H,2-7H2,1H3,(H,12,13). The van der Waals surface area contributed by atoms with Crippen molar-refractivity contribution < 1.29 is 9.53 Å². The lowest BCUT2D eigenvalue weighted by Gasteiger charge is -2.26. The molecule has 94 valence electrons. The second-order valence-electron chi connectivity index (χ2n) is 4.06. The number of nitrogens with one attached hydrogen (secondary N) is 1. The van der Waals surface area contributed by atoms with Gasteiger partial charge in [0.05, 0.1) is 19.2 Å². The van der Waals surface area contributed by atoms with Gasteiger partial charge in [-0.25, -0.2) is 9.99 Å². The van der Waals surface area contributed by atoms with Gasteiger partial charge in [-0.1, -0.05) is 6.42 Å². The van der Waals surface area contributed by atoms with Gasteiger partial charge in [-0.3, -0.25) is 10.2 Å². The number of thiazole rings is 1. The van der Waals surface area contributed by atoms with Gasteiger partial charge in [0.15, 0.2) is 5.13 Å². The summed E-state index contributed by atoms with van der Waals surface area (Å²) < 4.78 is 4.61. The van der Waals surface area contributed by atoms with Crippen LogP contribution >= 0.6 is 11.3 Å². The molecule has 1 aliphatic heterocycles. The van der Waals surface area contributed by atoms with Crippen LogP contribution in [-0.2, 0) is 16.0 Å². The number of carbonyl (C=O) groups excluding carboxylic acids is 1. The van der Waals surface area contributed by atoms with Crippen molar-refractivity contribution in [2.45, 2.75) is 25.7 Å². The Labute approximate surface area is 105 Å². The number of esters is 1. The maximum atomic E-state index is 11.1. The third-order valence-electron chi connectivity index (χ3n) is 2.71. The fourth-order valence-electron chi connectivity index (χ4n) is 1.80. The van der Waals surface area contributed by atoms with Gasteiger partial charge in [0.25, 0.3) is 0 Å². The highest BCUT2D eigenvalue weighted by atomic mass is 32.1. The summed E-state index contributed by atoms with van der Waals surface area (Å²) >= 11 is 1.52. The van der Waals surface area contributed by atoms with Crippen LogP contribution in [0.25, 0.3) is 0 Å². The van der Waals surface area contributed by atoms with Gasteiger partial charge < -0.3 is 4.74 Å². The third-order valence-corrected chi connectivity index (χ3v) is 3.51. The molecule has 1 aromatic heterocycles. The monoisotopic (exact) mass is 255 g/mol. The van der Waals surface area contributed by atoms with Crippen LogP contribution < -0.4 is 5.43 Å². The number of rotatable bonds is 4. The van der Waals surface area contributed by atoms with Crippen molar-refractivity contribution >= 4 is 22.4 Å². The molecule has 1 N–H and O–H groups in total. The molecule has 17 heavy (non-hydrogen) atoms. The first-order valence-corrected chi connectivity index (χ1v) is 6.69. The zero-order valence-corrected chi connectivity index (χ0v) is 10.8. The molecule has 0 amide bonds. The van der Waals surface area contributed by atoms with Gasteiger partial charge in [-0.15, -0.1) is 11.3 Å². The molecule has 6 heteroatoms. The summed E-state index contributed by atoms with van der Waals surface area (Å²) in [6, 6.07) is 0. The number of anilines is 1. The molecular formula is C11H17N3O2S. The van der Waals surface area contributed by atoms with Crippen molar-refractivity contribution in [2.24, 2.45) is 0 Å². The van der Waals surface area contributed by atoms with Gasteiger partial charge >= 0.3 is 5.97 Å². The zero-order chi connectivity index (χ0) is 12.1. The smallest absolute Gasteiger partial charge is 0.311 e. The second kappa shape index (κ2) is 5.97. The Morgan fingerprint density at radius 1 is 1.53 bits per heavy atom. The largest absolute Gasteiger partial charge is 0.469 e. The number of carbonyl (C=O) groups is 1. The Morgan fingerprint density at radius 3 is 3.00 bits per heavy atom. The zero-order valence-electron chi connectivity index (χ0n) is 9.94. The molecule has 0 bridgehead atoms. The molecule has 1 saturated heterocycles. The van der Waals surface area contributed by atoms with Gasteiger partial charge in [-0.05, 0) is 12.8 Å². The van der Waals surface area contributed by atoms with Crippen LogP contribution in [0.5, 0.6) is 0 Å². The molecule has 0 unspecified atom stereocenters. The number of piperidine rings is 1. The Morgan fingerprint density at radius 2 is 2.29 bits per heavy atom. The van der Waals surface area contributed by atoms with Crippen LogP contribution in [0, 0.1) is 0 Å². The van der Waals surface area contributed by atoms with E-state index in [1.165, 1.54) is 37.7 Å². The Bertz CT molecular complexity index is 375. The average Bonchev–Trinajstić information content (AvgIpc) is 2.77. The van der Waals surface area contributed by atoms with Crippen molar-refractivity contribution in [3.63, 3.8) is 0 Å². The van der Waals surface area contributed by atoms with E-state index in [4.69, 9.17) is 0 Å². The second-order valence-corrected chi connectivity index (χ2v) is 4.91. The summed E-state index contributed by atoms with van der Waals surface area (Å²) in [5.74, 6) is -0.250. The highest BCUT2D eigenvalue weighted by Gasteiger charge is 2.12. The molecule has 0 radical (unpaired) electrons. The van der Waals surface area contributed by atoms with E-state index < -0.39 is 0 Å².